The van der Waals surface area contributed by atoms with Gasteiger partial charge >= 0.3 is 0 Å². The van der Waals surface area contributed by atoms with Crippen LogP contribution in [0.15, 0.2) is 11.6 Å². The van der Waals surface area contributed by atoms with Crippen molar-refractivity contribution in [2.75, 3.05) is 12.8 Å². The monoisotopic (exact) mass is 258 g/mol. The summed E-state index contributed by atoms with van der Waals surface area (Å²) in [5.74, 6) is 0. The molecule has 2 N–H and O–H groups in total. The summed E-state index contributed by atoms with van der Waals surface area (Å²) in [5, 5.41) is 8.57. The van der Waals surface area contributed by atoms with Crippen molar-refractivity contribution in [1.29, 1.82) is 0 Å². The van der Waals surface area contributed by atoms with Gasteiger partial charge in [0, 0.05) is 6.16 Å². The molecule has 0 saturated carbocycles. The average molecular weight is 258 g/mol. The van der Waals surface area contributed by atoms with E-state index in [1.54, 1.807) is 6.92 Å². The summed E-state index contributed by atoms with van der Waals surface area (Å²) in [4.78, 5) is 29.2. The maximum Gasteiger partial charge on any atom is 0.270 e. The van der Waals surface area contributed by atoms with E-state index in [-0.39, 0.29) is 13.0 Å². The Morgan fingerprint density at radius 2 is 2.00 bits per heavy atom. The summed E-state index contributed by atoms with van der Waals surface area (Å²) in [7, 11) is -9.84. The summed E-state index contributed by atoms with van der Waals surface area (Å²) >= 11 is 0. The van der Waals surface area contributed by atoms with Crippen molar-refractivity contribution in [2.24, 2.45) is 0 Å². The van der Waals surface area contributed by atoms with Crippen molar-refractivity contribution in [3.8, 4) is 0 Å². The number of rotatable bonds is 6. The van der Waals surface area contributed by atoms with Gasteiger partial charge < -0.3 is 24.4 Å². The van der Waals surface area contributed by atoms with E-state index < -0.39 is 21.6 Å². The summed E-state index contributed by atoms with van der Waals surface area (Å²) in [6, 6.07) is 0. The quantitative estimate of drug-likeness (QED) is 0.478. The van der Waals surface area contributed by atoms with E-state index in [2.05, 4.69) is 4.31 Å². The molecule has 0 amide bonds. The predicted octanol–water partition coefficient (Wildman–Crippen LogP) is -0.654. The van der Waals surface area contributed by atoms with E-state index in [1.807, 2.05) is 0 Å². The minimum absolute atomic E-state index is 0.00711. The molecule has 0 heterocycles. The lowest BCUT2D eigenvalue weighted by molar-refractivity contribution is -0.227. The first-order valence-corrected chi connectivity index (χ1v) is 7.20. The van der Waals surface area contributed by atoms with Crippen LogP contribution in [0.5, 0.6) is 0 Å². The lowest BCUT2D eigenvalue weighted by Crippen LogP contribution is -2.11. The van der Waals surface area contributed by atoms with Gasteiger partial charge in [-0.05, 0) is 13.3 Å². The zero-order valence-electron chi connectivity index (χ0n) is 8.03. The Kier molecular flexibility index (Phi) is 5.92. The van der Waals surface area contributed by atoms with Gasteiger partial charge in [-0.25, -0.2) is 0 Å². The van der Waals surface area contributed by atoms with Gasteiger partial charge in [0.05, 0.1) is 6.61 Å². The van der Waals surface area contributed by atoms with Gasteiger partial charge in [0.15, 0.2) is 0 Å². The molecule has 0 radical (unpaired) electrons. The van der Waals surface area contributed by atoms with Gasteiger partial charge in [-0.1, -0.05) is 11.6 Å². The summed E-state index contributed by atoms with van der Waals surface area (Å²) in [6.07, 6.45) is 0.880. The summed E-state index contributed by atoms with van der Waals surface area (Å²) in [5.41, 5.74) is 0.560. The number of aliphatic hydroxyl groups excluding tert-OH is 1. The molecule has 0 rings (SSSR count). The number of hydrogen-bond acceptors (Lipinski definition) is 6. The minimum Gasteiger partial charge on any atom is -0.778 e. The second kappa shape index (κ2) is 5.92. The Balaban J connectivity index is 4.18. The molecule has 0 aliphatic heterocycles. The standard InChI is InChI=1S/C6H14O7P2/c1-6(5-7)3-2-4-14(8,9)13-15(10,11)12/h3,7H,2,4-5H2,1H3,(H,8,9)(H2,10,11,12)/p-2/b6-3+. The second-order valence-corrected chi connectivity index (χ2v) is 6.14. The molecular weight excluding hydrogens is 246 g/mol. The zero-order chi connectivity index (χ0) is 12.1. The van der Waals surface area contributed by atoms with Crippen LogP contribution < -0.4 is 9.79 Å². The Morgan fingerprint density at radius 3 is 2.40 bits per heavy atom. The number of hydrogen-bond donors (Lipinski definition) is 2. The maximum absolute atomic E-state index is 10.9. The highest BCUT2D eigenvalue weighted by molar-refractivity contribution is 7.62. The first kappa shape index (κ1) is 15.0. The molecule has 0 aromatic heterocycles. The molecule has 9 heteroatoms. The summed E-state index contributed by atoms with van der Waals surface area (Å²) < 4.78 is 24.5. The predicted molar refractivity (Wildman–Crippen MR) is 48.8 cm³/mol. The third kappa shape index (κ3) is 8.96. The lowest BCUT2D eigenvalue weighted by atomic mass is 10.3. The van der Waals surface area contributed by atoms with Crippen molar-refractivity contribution in [1.82, 2.24) is 0 Å². The van der Waals surface area contributed by atoms with Gasteiger partial charge in [-0.3, -0.25) is 8.88 Å². The fraction of sp³-hybridized carbons (Fsp3) is 0.667. The first-order valence-electron chi connectivity index (χ1n) is 3.98. The molecule has 0 aromatic carbocycles. The Morgan fingerprint density at radius 1 is 1.47 bits per heavy atom. The highest BCUT2D eigenvalue weighted by Crippen LogP contribution is 2.51. The van der Waals surface area contributed by atoms with Gasteiger partial charge in [0.2, 0.25) is 0 Å². The van der Waals surface area contributed by atoms with Crippen molar-refractivity contribution >= 4 is 15.4 Å². The minimum atomic E-state index is -5.25. The van der Waals surface area contributed by atoms with Crippen LogP contribution in [0, 0.1) is 0 Å². The van der Waals surface area contributed by atoms with E-state index in [4.69, 9.17) is 10.00 Å². The number of phosphoric acid groups is 1. The van der Waals surface area contributed by atoms with E-state index >= 15 is 0 Å². The summed E-state index contributed by atoms with van der Waals surface area (Å²) in [6.45, 7) is 1.38. The smallest absolute Gasteiger partial charge is 0.270 e. The zero-order valence-corrected chi connectivity index (χ0v) is 9.82. The average Bonchev–Trinajstić information content (AvgIpc) is 1.98. The molecule has 7 nitrogen and oxygen atoms in total. The van der Waals surface area contributed by atoms with Gasteiger partial charge in [0.25, 0.3) is 7.82 Å². The van der Waals surface area contributed by atoms with E-state index in [0.29, 0.717) is 5.57 Å². The molecule has 2 atom stereocenters. The topological polar surface area (TPSA) is 130 Å². The van der Waals surface area contributed by atoms with Crippen LogP contribution in [0.25, 0.3) is 0 Å². The molecule has 90 valence electrons. The molecule has 0 saturated heterocycles. The molecule has 0 aliphatic carbocycles. The van der Waals surface area contributed by atoms with Crippen LogP contribution in [0.2, 0.25) is 0 Å². The fourth-order valence-electron chi connectivity index (χ4n) is 0.732. The Hall–Kier alpha value is -0.0000000000000000694. The van der Waals surface area contributed by atoms with Crippen LogP contribution in [0.4, 0.5) is 0 Å². The third-order valence-electron chi connectivity index (χ3n) is 1.37. The molecule has 0 aromatic rings. The molecular formula is C6H12O7P2-2. The second-order valence-electron chi connectivity index (χ2n) is 2.88. The largest absolute Gasteiger partial charge is 0.778 e. The first-order chi connectivity index (χ1) is 6.66. The van der Waals surface area contributed by atoms with E-state index in [1.165, 1.54) is 6.08 Å². The highest BCUT2D eigenvalue weighted by atomic mass is 31.3. The van der Waals surface area contributed by atoms with Crippen LogP contribution in [0.3, 0.4) is 0 Å². The molecule has 0 aliphatic rings. The van der Waals surface area contributed by atoms with Crippen LogP contribution >= 0.6 is 15.4 Å². The van der Waals surface area contributed by atoms with E-state index in [0.717, 1.165) is 0 Å². The Bertz CT molecular complexity index is 317. The van der Waals surface area contributed by atoms with Crippen LogP contribution in [-0.4, -0.2) is 22.8 Å². The number of aliphatic hydroxyl groups is 1. The number of allylic oxidation sites excluding steroid dienone is 1. The normalized spacial score (nSPS) is 20.7. The van der Waals surface area contributed by atoms with Crippen molar-refractivity contribution in [3.05, 3.63) is 11.6 Å². The Labute approximate surface area is 87.2 Å². The highest BCUT2D eigenvalue weighted by Gasteiger charge is 2.14. The van der Waals surface area contributed by atoms with Gasteiger partial charge in [-0.15, -0.1) is 0 Å². The van der Waals surface area contributed by atoms with Crippen LogP contribution in [-0.2, 0) is 13.4 Å². The molecule has 15 heavy (non-hydrogen) atoms. The molecule has 2 unspecified atom stereocenters. The maximum atomic E-state index is 10.9. The SMILES string of the molecule is C/C(=C\CCP(=O)([O-])OP(=O)([O-])O)CO. The van der Waals surface area contributed by atoms with E-state index in [9.17, 15) is 18.9 Å². The van der Waals surface area contributed by atoms with Crippen molar-refractivity contribution in [3.63, 3.8) is 0 Å². The van der Waals surface area contributed by atoms with Crippen molar-refractivity contribution < 1.29 is 33.2 Å². The third-order valence-corrected chi connectivity index (χ3v) is 4.00. The van der Waals surface area contributed by atoms with Gasteiger partial charge in [0.1, 0.15) is 7.60 Å². The van der Waals surface area contributed by atoms with Crippen molar-refractivity contribution in [2.45, 2.75) is 13.3 Å². The van der Waals surface area contributed by atoms with Crippen LogP contribution in [0.1, 0.15) is 13.3 Å². The fourth-order valence-corrected chi connectivity index (χ4v) is 2.76. The van der Waals surface area contributed by atoms with Gasteiger partial charge in [-0.2, -0.15) is 0 Å². The molecule has 0 fully saturated rings. The molecule has 0 spiro atoms. The lowest BCUT2D eigenvalue weighted by Gasteiger charge is -2.27. The molecule has 0 bridgehead atoms.